The smallest absolute Gasteiger partial charge is 0.193 e. The number of aryl methyl sites for hydroxylation is 1. The van der Waals surface area contributed by atoms with Crippen molar-refractivity contribution in [2.75, 3.05) is 0 Å². The molecule has 0 aromatic carbocycles. The summed E-state index contributed by atoms with van der Waals surface area (Å²) >= 11 is 10.8. The summed E-state index contributed by atoms with van der Waals surface area (Å²) in [6.07, 6.45) is 0. The monoisotopic (exact) mass is 305 g/mol. The molecule has 80 valence electrons. The molecule has 0 radical (unpaired) electrons. The highest BCUT2D eigenvalue weighted by molar-refractivity contribution is 9.10. The Bertz CT molecular complexity index is 460. The molecule has 0 aliphatic rings. The van der Waals surface area contributed by atoms with Gasteiger partial charge in [0.2, 0.25) is 0 Å². The summed E-state index contributed by atoms with van der Waals surface area (Å²) in [5, 5.41) is 0.368. The van der Waals surface area contributed by atoms with Gasteiger partial charge in [-0.1, -0.05) is 0 Å². The van der Waals surface area contributed by atoms with Crippen molar-refractivity contribution >= 4 is 38.9 Å². The first-order valence-corrected chi connectivity index (χ1v) is 6.33. The third-order valence-corrected chi connectivity index (χ3v) is 4.51. The molecule has 2 aromatic heterocycles. The molecule has 1 atom stereocenters. The van der Waals surface area contributed by atoms with Gasteiger partial charge in [0, 0.05) is 14.2 Å². The van der Waals surface area contributed by atoms with Gasteiger partial charge < -0.3 is 10.2 Å². The number of halogens is 2. The van der Waals surface area contributed by atoms with Crippen molar-refractivity contribution in [1.29, 1.82) is 0 Å². The van der Waals surface area contributed by atoms with Crippen LogP contribution in [0, 0.1) is 6.92 Å². The number of furan rings is 1. The summed E-state index contributed by atoms with van der Waals surface area (Å²) in [5.41, 5.74) is 6.05. The molecule has 15 heavy (non-hydrogen) atoms. The molecule has 1 unspecified atom stereocenters. The van der Waals surface area contributed by atoms with Crippen molar-refractivity contribution in [1.82, 2.24) is 0 Å². The van der Waals surface area contributed by atoms with Crippen LogP contribution in [0.15, 0.2) is 27.1 Å². The zero-order chi connectivity index (χ0) is 11.0. The average Bonchev–Trinajstić information content (AvgIpc) is 2.74. The molecule has 5 heteroatoms. The molecule has 0 saturated carbocycles. The van der Waals surface area contributed by atoms with Crippen molar-refractivity contribution in [2.45, 2.75) is 13.0 Å². The molecule has 2 aromatic rings. The fourth-order valence-corrected chi connectivity index (χ4v) is 2.99. The first-order valence-electron chi connectivity index (χ1n) is 4.34. The second kappa shape index (κ2) is 4.29. The minimum absolute atomic E-state index is 0.243. The maximum Gasteiger partial charge on any atom is 0.193 e. The highest BCUT2D eigenvalue weighted by atomic mass is 79.9. The Kier molecular flexibility index (Phi) is 3.21. The van der Waals surface area contributed by atoms with Crippen molar-refractivity contribution < 1.29 is 4.42 Å². The molecular weight excluding hydrogens is 298 g/mol. The third kappa shape index (κ3) is 2.28. The molecule has 2 N–H and O–H groups in total. The van der Waals surface area contributed by atoms with Gasteiger partial charge in [-0.05, 0) is 52.7 Å². The maximum atomic E-state index is 6.05. The van der Waals surface area contributed by atoms with E-state index in [1.165, 1.54) is 4.88 Å². The molecule has 0 aliphatic carbocycles. The summed E-state index contributed by atoms with van der Waals surface area (Å²) in [7, 11) is 0. The molecule has 0 amide bonds. The van der Waals surface area contributed by atoms with E-state index in [1.54, 1.807) is 23.5 Å². The maximum absolute atomic E-state index is 6.05. The van der Waals surface area contributed by atoms with Crippen molar-refractivity contribution in [3.05, 3.63) is 43.4 Å². The zero-order valence-electron chi connectivity index (χ0n) is 7.96. The van der Waals surface area contributed by atoms with Gasteiger partial charge in [0.1, 0.15) is 5.76 Å². The van der Waals surface area contributed by atoms with E-state index in [9.17, 15) is 0 Å². The standard InChI is InChI=1S/C10H9BrClNOS/c1-5-6(11)4-8(15-5)10(13)7-2-3-9(12)14-7/h2-4,10H,13H2,1H3. The molecule has 0 spiro atoms. The Morgan fingerprint density at radius 3 is 2.73 bits per heavy atom. The molecule has 0 saturated heterocycles. The van der Waals surface area contributed by atoms with Crippen LogP contribution < -0.4 is 5.73 Å². The van der Waals surface area contributed by atoms with Crippen LogP contribution in [0.5, 0.6) is 0 Å². The lowest BCUT2D eigenvalue weighted by Gasteiger charge is -2.04. The highest BCUT2D eigenvalue weighted by Crippen LogP contribution is 2.33. The average molecular weight is 307 g/mol. The minimum Gasteiger partial charge on any atom is -0.448 e. The van der Waals surface area contributed by atoms with Gasteiger partial charge in [-0.15, -0.1) is 11.3 Å². The fourth-order valence-electron chi connectivity index (χ4n) is 1.27. The van der Waals surface area contributed by atoms with Crippen LogP contribution in [-0.4, -0.2) is 0 Å². The lowest BCUT2D eigenvalue weighted by Crippen LogP contribution is -2.08. The SMILES string of the molecule is Cc1sc(C(N)c2ccc(Cl)o2)cc1Br. The Balaban J connectivity index is 2.31. The Morgan fingerprint density at radius 2 is 2.27 bits per heavy atom. The molecule has 2 heterocycles. The van der Waals surface area contributed by atoms with Gasteiger partial charge in [0.15, 0.2) is 5.22 Å². The minimum atomic E-state index is -0.243. The summed E-state index contributed by atoms with van der Waals surface area (Å²) < 4.78 is 6.36. The topological polar surface area (TPSA) is 39.2 Å². The second-order valence-corrected chi connectivity index (χ2v) is 5.69. The molecular formula is C10H9BrClNOS. The second-order valence-electron chi connectivity index (χ2n) is 3.17. The van der Waals surface area contributed by atoms with Crippen molar-refractivity contribution in [3.63, 3.8) is 0 Å². The van der Waals surface area contributed by atoms with E-state index in [0.29, 0.717) is 11.0 Å². The fraction of sp³-hybridized carbons (Fsp3) is 0.200. The van der Waals surface area contributed by atoms with Gasteiger partial charge in [-0.3, -0.25) is 0 Å². The van der Waals surface area contributed by atoms with Gasteiger partial charge in [-0.2, -0.15) is 0 Å². The number of rotatable bonds is 2. The first-order chi connectivity index (χ1) is 7.08. The van der Waals surface area contributed by atoms with E-state index in [2.05, 4.69) is 15.9 Å². The van der Waals surface area contributed by atoms with E-state index in [4.69, 9.17) is 21.8 Å². The van der Waals surface area contributed by atoms with Gasteiger partial charge in [0.05, 0.1) is 6.04 Å². The van der Waals surface area contributed by atoms with Crippen molar-refractivity contribution in [2.24, 2.45) is 5.73 Å². The van der Waals surface area contributed by atoms with E-state index in [1.807, 2.05) is 13.0 Å². The van der Waals surface area contributed by atoms with E-state index >= 15 is 0 Å². The number of thiophene rings is 1. The highest BCUT2D eigenvalue weighted by Gasteiger charge is 2.16. The lowest BCUT2D eigenvalue weighted by atomic mass is 10.2. The van der Waals surface area contributed by atoms with E-state index in [0.717, 1.165) is 9.35 Å². The number of hydrogen-bond acceptors (Lipinski definition) is 3. The largest absolute Gasteiger partial charge is 0.448 e. The third-order valence-electron chi connectivity index (χ3n) is 2.08. The predicted octanol–water partition coefficient (Wildman–Crippen LogP) is 4.11. The molecule has 0 bridgehead atoms. The molecule has 2 nitrogen and oxygen atoms in total. The van der Waals surface area contributed by atoms with Crippen LogP contribution in [0.25, 0.3) is 0 Å². The first kappa shape index (κ1) is 11.2. The molecule has 2 rings (SSSR count). The zero-order valence-corrected chi connectivity index (χ0v) is 11.1. The summed E-state index contributed by atoms with van der Waals surface area (Å²) in [6, 6.07) is 5.27. The van der Waals surface area contributed by atoms with E-state index < -0.39 is 0 Å². The quantitative estimate of drug-likeness (QED) is 0.906. The molecule has 0 fully saturated rings. The van der Waals surface area contributed by atoms with Crippen LogP contribution in [0.2, 0.25) is 5.22 Å². The summed E-state index contributed by atoms with van der Waals surface area (Å²) in [4.78, 5) is 2.27. The predicted molar refractivity (Wildman–Crippen MR) is 66.5 cm³/mol. The normalized spacial score (nSPS) is 13.1. The number of hydrogen-bond donors (Lipinski definition) is 1. The Morgan fingerprint density at radius 1 is 1.53 bits per heavy atom. The van der Waals surface area contributed by atoms with Crippen LogP contribution in [0.4, 0.5) is 0 Å². The lowest BCUT2D eigenvalue weighted by molar-refractivity contribution is 0.493. The summed E-state index contributed by atoms with van der Waals surface area (Å²) in [6.45, 7) is 2.04. The Hall–Kier alpha value is -0.290. The van der Waals surface area contributed by atoms with Crippen LogP contribution in [0.1, 0.15) is 21.6 Å². The summed E-state index contributed by atoms with van der Waals surface area (Å²) in [5.74, 6) is 0.689. The molecule has 0 aliphatic heterocycles. The van der Waals surface area contributed by atoms with E-state index in [-0.39, 0.29) is 6.04 Å². The van der Waals surface area contributed by atoms with Crippen LogP contribution in [0.3, 0.4) is 0 Å². The van der Waals surface area contributed by atoms with Gasteiger partial charge in [0.25, 0.3) is 0 Å². The van der Waals surface area contributed by atoms with Crippen LogP contribution in [-0.2, 0) is 0 Å². The van der Waals surface area contributed by atoms with Gasteiger partial charge >= 0.3 is 0 Å². The Labute approximate surface area is 105 Å². The van der Waals surface area contributed by atoms with Crippen molar-refractivity contribution in [3.8, 4) is 0 Å². The van der Waals surface area contributed by atoms with Crippen LogP contribution >= 0.6 is 38.9 Å². The number of nitrogens with two attached hydrogens (primary N) is 1. The van der Waals surface area contributed by atoms with Gasteiger partial charge in [-0.25, -0.2) is 0 Å².